The van der Waals surface area contributed by atoms with Crippen LogP contribution in [0.5, 0.6) is 0 Å². The van der Waals surface area contributed by atoms with Crippen molar-refractivity contribution in [3.63, 3.8) is 0 Å². The summed E-state index contributed by atoms with van der Waals surface area (Å²) >= 11 is 11.0. The first-order valence-electron chi connectivity index (χ1n) is 7.63. The minimum Gasteiger partial charge on any atom is -0.368 e. The van der Waals surface area contributed by atoms with Crippen LogP contribution in [0.15, 0.2) is 58.2 Å². The van der Waals surface area contributed by atoms with E-state index in [1.165, 1.54) is 11.8 Å². The molecule has 0 aliphatic heterocycles. The highest BCUT2D eigenvalue weighted by Gasteiger charge is 2.14. The van der Waals surface area contributed by atoms with E-state index in [4.69, 9.17) is 17.3 Å². The molecule has 2 aromatic carbocycles. The lowest BCUT2D eigenvalue weighted by Crippen LogP contribution is -2.20. The molecule has 0 fully saturated rings. The molecule has 6 nitrogen and oxygen atoms in total. The van der Waals surface area contributed by atoms with Gasteiger partial charge in [0.15, 0.2) is 5.16 Å². The summed E-state index contributed by atoms with van der Waals surface area (Å²) in [5, 5.41) is 12.0. The zero-order valence-corrected chi connectivity index (χ0v) is 16.7. The number of benzene rings is 2. The fourth-order valence-corrected chi connectivity index (χ4v) is 3.69. The van der Waals surface area contributed by atoms with Crippen LogP contribution in [-0.2, 0) is 17.1 Å². The van der Waals surface area contributed by atoms with Crippen molar-refractivity contribution in [1.29, 1.82) is 0 Å². The Morgan fingerprint density at radius 3 is 2.65 bits per heavy atom. The summed E-state index contributed by atoms with van der Waals surface area (Å²) in [5.41, 5.74) is 7.55. The number of nitrogen functional groups attached to an aromatic ring is 1. The van der Waals surface area contributed by atoms with Crippen LogP contribution in [0.1, 0.15) is 5.56 Å². The molecule has 0 radical (unpaired) electrons. The average molecular weight is 453 g/mol. The topological polar surface area (TPSA) is 85.8 Å². The Morgan fingerprint density at radius 1 is 1.19 bits per heavy atom. The molecule has 0 spiro atoms. The highest BCUT2D eigenvalue weighted by atomic mass is 79.9. The maximum atomic E-state index is 12.3. The second kappa shape index (κ2) is 8.57. The van der Waals surface area contributed by atoms with Crippen molar-refractivity contribution in [2.45, 2.75) is 17.5 Å². The number of amides is 1. The van der Waals surface area contributed by atoms with Crippen molar-refractivity contribution in [2.24, 2.45) is 0 Å². The van der Waals surface area contributed by atoms with Crippen molar-refractivity contribution >= 4 is 56.8 Å². The zero-order valence-electron chi connectivity index (χ0n) is 13.5. The van der Waals surface area contributed by atoms with Gasteiger partial charge in [0.1, 0.15) is 6.54 Å². The highest BCUT2D eigenvalue weighted by molar-refractivity contribution is 9.10. The number of thioether (sulfide) groups is 1. The molecule has 0 saturated carbocycles. The first kappa shape index (κ1) is 18.8. The van der Waals surface area contributed by atoms with Crippen molar-refractivity contribution in [1.82, 2.24) is 14.8 Å². The summed E-state index contributed by atoms with van der Waals surface area (Å²) in [4.78, 5) is 12.3. The van der Waals surface area contributed by atoms with Gasteiger partial charge in [-0.3, -0.25) is 9.36 Å². The van der Waals surface area contributed by atoms with Gasteiger partial charge < -0.3 is 11.1 Å². The molecule has 0 bridgehead atoms. The molecule has 0 saturated heterocycles. The summed E-state index contributed by atoms with van der Waals surface area (Å²) in [6, 6.07) is 14.9. The van der Waals surface area contributed by atoms with Gasteiger partial charge in [0.25, 0.3) is 0 Å². The third-order valence-corrected chi connectivity index (χ3v) is 5.40. The van der Waals surface area contributed by atoms with Gasteiger partial charge in [-0.15, -0.1) is 10.2 Å². The van der Waals surface area contributed by atoms with Crippen molar-refractivity contribution in [3.05, 3.63) is 63.6 Å². The summed E-state index contributed by atoms with van der Waals surface area (Å²) in [7, 11) is 0. The van der Waals surface area contributed by atoms with Gasteiger partial charge in [-0.1, -0.05) is 57.5 Å². The molecule has 3 aromatic rings. The Labute approximate surface area is 168 Å². The fraction of sp³-hybridized carbons (Fsp3) is 0.118. The molecule has 3 N–H and O–H groups in total. The molecular formula is C17H15BrClN5OS. The van der Waals surface area contributed by atoms with E-state index in [0.29, 0.717) is 21.6 Å². The van der Waals surface area contributed by atoms with Crippen LogP contribution in [0.4, 0.5) is 11.6 Å². The highest BCUT2D eigenvalue weighted by Crippen LogP contribution is 2.26. The van der Waals surface area contributed by atoms with Crippen LogP contribution < -0.4 is 11.1 Å². The number of nitrogens with two attached hydrogens (primary N) is 1. The van der Waals surface area contributed by atoms with Crippen LogP contribution in [0.3, 0.4) is 0 Å². The second-order valence-corrected chi connectivity index (χ2v) is 7.63. The molecule has 1 heterocycles. The summed E-state index contributed by atoms with van der Waals surface area (Å²) in [6.45, 7) is 0.0275. The molecule has 0 aliphatic carbocycles. The summed E-state index contributed by atoms with van der Waals surface area (Å²) < 4.78 is 2.52. The first-order valence-corrected chi connectivity index (χ1v) is 9.79. The average Bonchev–Trinajstić information content (AvgIpc) is 2.96. The maximum absolute atomic E-state index is 12.3. The van der Waals surface area contributed by atoms with E-state index >= 15 is 0 Å². The predicted octanol–water partition coefficient (Wildman–Crippen LogP) is 4.21. The maximum Gasteiger partial charge on any atom is 0.244 e. The number of anilines is 2. The smallest absolute Gasteiger partial charge is 0.244 e. The molecule has 1 aromatic heterocycles. The molecule has 26 heavy (non-hydrogen) atoms. The Bertz CT molecular complexity index is 916. The van der Waals surface area contributed by atoms with Crippen molar-refractivity contribution in [3.8, 4) is 0 Å². The second-order valence-electron chi connectivity index (χ2n) is 5.36. The lowest BCUT2D eigenvalue weighted by atomic mass is 10.2. The minimum atomic E-state index is -0.210. The summed E-state index contributed by atoms with van der Waals surface area (Å²) in [5.74, 6) is 0.586. The van der Waals surface area contributed by atoms with E-state index in [-0.39, 0.29) is 18.4 Å². The van der Waals surface area contributed by atoms with Crippen LogP contribution in [-0.4, -0.2) is 20.7 Å². The number of halogens is 2. The van der Waals surface area contributed by atoms with Crippen LogP contribution in [0.2, 0.25) is 5.02 Å². The van der Waals surface area contributed by atoms with Gasteiger partial charge in [0.2, 0.25) is 11.9 Å². The first-order chi connectivity index (χ1) is 12.5. The Morgan fingerprint density at radius 2 is 1.92 bits per heavy atom. The molecule has 3 rings (SSSR count). The Balaban J connectivity index is 1.66. The molecule has 0 unspecified atom stereocenters. The lowest BCUT2D eigenvalue weighted by molar-refractivity contribution is -0.116. The van der Waals surface area contributed by atoms with E-state index in [1.807, 2.05) is 48.5 Å². The number of nitrogens with one attached hydrogen (secondary N) is 1. The number of nitrogens with zero attached hydrogens (tertiary/aromatic N) is 3. The van der Waals surface area contributed by atoms with Crippen LogP contribution in [0.25, 0.3) is 0 Å². The van der Waals surface area contributed by atoms with E-state index < -0.39 is 0 Å². The molecule has 1 amide bonds. The van der Waals surface area contributed by atoms with Gasteiger partial charge in [-0.25, -0.2) is 0 Å². The van der Waals surface area contributed by atoms with Crippen LogP contribution in [0, 0.1) is 0 Å². The quantitative estimate of drug-likeness (QED) is 0.547. The van der Waals surface area contributed by atoms with Gasteiger partial charge in [0.05, 0.1) is 0 Å². The van der Waals surface area contributed by atoms with E-state index in [9.17, 15) is 4.79 Å². The fourth-order valence-electron chi connectivity index (χ4n) is 2.19. The number of carbonyl (C=O) groups is 1. The number of aromatic nitrogens is 3. The third-order valence-electron chi connectivity index (χ3n) is 3.49. The van der Waals surface area contributed by atoms with E-state index in [1.54, 1.807) is 4.57 Å². The van der Waals surface area contributed by atoms with Gasteiger partial charge >= 0.3 is 0 Å². The molecule has 134 valence electrons. The minimum absolute atomic E-state index is 0.0275. The zero-order chi connectivity index (χ0) is 18.5. The van der Waals surface area contributed by atoms with Crippen molar-refractivity contribution < 1.29 is 4.79 Å². The van der Waals surface area contributed by atoms with Crippen LogP contribution >= 0.6 is 39.3 Å². The Kier molecular flexibility index (Phi) is 6.18. The largest absolute Gasteiger partial charge is 0.368 e. The molecule has 0 atom stereocenters. The van der Waals surface area contributed by atoms with E-state index in [2.05, 4.69) is 31.4 Å². The number of hydrogen-bond donors (Lipinski definition) is 2. The van der Waals surface area contributed by atoms with Gasteiger partial charge in [0, 0.05) is 20.9 Å². The summed E-state index contributed by atoms with van der Waals surface area (Å²) in [6.07, 6.45) is 0. The number of hydrogen-bond acceptors (Lipinski definition) is 5. The predicted molar refractivity (Wildman–Crippen MR) is 108 cm³/mol. The van der Waals surface area contributed by atoms with Gasteiger partial charge in [-0.05, 0) is 35.9 Å². The van der Waals surface area contributed by atoms with Crippen molar-refractivity contribution in [2.75, 3.05) is 11.1 Å². The molecule has 0 aliphatic rings. The lowest BCUT2D eigenvalue weighted by Gasteiger charge is -2.09. The molecule has 9 heteroatoms. The third kappa shape index (κ3) is 4.78. The normalized spacial score (nSPS) is 10.7. The standard InChI is InChI=1S/C17H15BrClN5OS/c18-12-5-7-13(8-6-12)21-15(25)9-24-16(20)22-23-17(24)26-10-11-3-1-2-4-14(11)19/h1-8H,9-10H2,(H2,20,22)(H,21,25). The number of carbonyl (C=O) groups excluding carboxylic acids is 1. The SMILES string of the molecule is Nc1nnc(SCc2ccccc2Cl)n1CC(=O)Nc1ccc(Br)cc1. The monoisotopic (exact) mass is 451 g/mol. The molecular weight excluding hydrogens is 438 g/mol. The van der Waals surface area contributed by atoms with E-state index in [0.717, 1.165) is 10.0 Å². The number of rotatable bonds is 6. The Hall–Kier alpha value is -2.03. The van der Waals surface area contributed by atoms with Gasteiger partial charge in [-0.2, -0.15) is 0 Å².